The minimum absolute atomic E-state index is 0.0289. The molecule has 2 aromatic heterocycles. The van der Waals surface area contributed by atoms with Crippen LogP contribution < -0.4 is 10.9 Å². The lowest BCUT2D eigenvalue weighted by atomic mass is 9.80. The second kappa shape index (κ2) is 10.4. The zero-order valence-electron chi connectivity index (χ0n) is 21.6. The van der Waals surface area contributed by atoms with E-state index >= 15 is 0 Å². The Morgan fingerprint density at radius 3 is 2.71 bits per heavy atom. The summed E-state index contributed by atoms with van der Waals surface area (Å²) < 4.78 is 3.84. The zero-order chi connectivity index (χ0) is 26.2. The number of para-hydroxylation sites is 1. The first-order chi connectivity index (χ1) is 18.5. The SMILES string of the molecule is Cn1ccc([C@H]2CCNC[C@@H]2C(=O)N(Cc2cn(Cc3cccc(Cl)c3)c3ccccc23)C2CC2)cc1=O. The normalized spacial score (nSPS) is 19.5. The van der Waals surface area contributed by atoms with Crippen molar-refractivity contribution in [3.05, 3.63) is 105 Å². The van der Waals surface area contributed by atoms with Gasteiger partial charge in [-0.2, -0.15) is 0 Å². The lowest BCUT2D eigenvalue weighted by Crippen LogP contribution is -2.47. The van der Waals surface area contributed by atoms with Gasteiger partial charge in [0.1, 0.15) is 0 Å². The van der Waals surface area contributed by atoms with E-state index in [1.54, 1.807) is 17.7 Å². The Bertz CT molecular complexity index is 1540. The van der Waals surface area contributed by atoms with Crippen molar-refractivity contribution in [2.24, 2.45) is 13.0 Å². The van der Waals surface area contributed by atoms with Crippen LogP contribution in [0.15, 0.2) is 77.9 Å². The van der Waals surface area contributed by atoms with Gasteiger partial charge in [0, 0.05) is 67.1 Å². The third kappa shape index (κ3) is 5.03. The number of amides is 1. The van der Waals surface area contributed by atoms with E-state index in [9.17, 15) is 9.59 Å². The maximum absolute atomic E-state index is 14.2. The number of aryl methyl sites for hydroxylation is 1. The number of aromatic nitrogens is 2. The minimum atomic E-state index is -0.184. The minimum Gasteiger partial charge on any atom is -0.343 e. The molecular formula is C31H33ClN4O2. The van der Waals surface area contributed by atoms with Gasteiger partial charge in [0.05, 0.1) is 5.92 Å². The van der Waals surface area contributed by atoms with Crippen molar-refractivity contribution in [2.45, 2.75) is 44.3 Å². The topological polar surface area (TPSA) is 59.3 Å². The molecule has 196 valence electrons. The van der Waals surface area contributed by atoms with Gasteiger partial charge in [-0.05, 0) is 72.7 Å². The highest BCUT2D eigenvalue weighted by Gasteiger charge is 2.40. The third-order valence-electron chi connectivity index (χ3n) is 8.08. The maximum atomic E-state index is 14.2. The summed E-state index contributed by atoms with van der Waals surface area (Å²) in [5.41, 5.74) is 4.41. The monoisotopic (exact) mass is 528 g/mol. The molecule has 2 aromatic carbocycles. The fraction of sp³-hybridized carbons (Fsp3) is 0.355. The van der Waals surface area contributed by atoms with Crippen molar-refractivity contribution in [3.63, 3.8) is 0 Å². The first kappa shape index (κ1) is 25.0. The highest BCUT2D eigenvalue weighted by atomic mass is 35.5. The average Bonchev–Trinajstić information content (AvgIpc) is 3.72. The second-order valence-corrected chi connectivity index (χ2v) is 11.2. The van der Waals surface area contributed by atoms with Crippen LogP contribution in [0.25, 0.3) is 10.9 Å². The molecule has 38 heavy (non-hydrogen) atoms. The number of rotatable bonds is 7. The summed E-state index contributed by atoms with van der Waals surface area (Å²) in [5, 5.41) is 5.35. The van der Waals surface area contributed by atoms with Gasteiger partial charge in [-0.25, -0.2) is 0 Å². The molecule has 0 spiro atoms. The molecule has 1 aliphatic carbocycles. The number of carbonyl (C=O) groups is 1. The number of fused-ring (bicyclic) bond motifs is 1. The number of nitrogens with one attached hydrogen (secondary N) is 1. The summed E-state index contributed by atoms with van der Waals surface area (Å²) in [6, 6.07) is 20.4. The maximum Gasteiger partial charge on any atom is 0.250 e. The van der Waals surface area contributed by atoms with Gasteiger partial charge in [0.15, 0.2) is 0 Å². The number of pyridine rings is 1. The molecular weight excluding hydrogens is 496 g/mol. The lowest BCUT2D eigenvalue weighted by molar-refractivity contribution is -0.138. The molecule has 1 aliphatic heterocycles. The Labute approximate surface area is 227 Å². The summed E-state index contributed by atoms with van der Waals surface area (Å²) >= 11 is 6.25. The van der Waals surface area contributed by atoms with Gasteiger partial charge in [-0.1, -0.05) is 41.9 Å². The summed E-state index contributed by atoms with van der Waals surface area (Å²) in [6.07, 6.45) is 6.95. The number of benzene rings is 2. The molecule has 0 unspecified atom stereocenters. The van der Waals surface area contributed by atoms with E-state index in [0.29, 0.717) is 13.1 Å². The van der Waals surface area contributed by atoms with Crippen molar-refractivity contribution in [1.29, 1.82) is 0 Å². The number of carbonyl (C=O) groups excluding carboxylic acids is 1. The largest absolute Gasteiger partial charge is 0.343 e. The predicted octanol–water partition coefficient (Wildman–Crippen LogP) is 4.93. The van der Waals surface area contributed by atoms with E-state index in [2.05, 4.69) is 51.3 Å². The molecule has 1 saturated heterocycles. The van der Waals surface area contributed by atoms with E-state index in [1.165, 1.54) is 5.39 Å². The van der Waals surface area contributed by atoms with Crippen LogP contribution in [0.4, 0.5) is 0 Å². The number of piperidine rings is 1. The van der Waals surface area contributed by atoms with Crippen LogP contribution in [-0.2, 0) is 24.9 Å². The fourth-order valence-corrected chi connectivity index (χ4v) is 6.11. The number of halogens is 1. The van der Waals surface area contributed by atoms with Crippen molar-refractivity contribution < 1.29 is 4.79 Å². The highest BCUT2D eigenvalue weighted by molar-refractivity contribution is 6.30. The molecule has 0 radical (unpaired) electrons. The van der Waals surface area contributed by atoms with Gasteiger partial charge in [0.2, 0.25) is 5.91 Å². The predicted molar refractivity (Wildman–Crippen MR) is 151 cm³/mol. The van der Waals surface area contributed by atoms with E-state index in [4.69, 9.17) is 11.6 Å². The van der Waals surface area contributed by atoms with Crippen molar-refractivity contribution >= 4 is 28.4 Å². The molecule has 1 saturated carbocycles. The number of hydrogen-bond donors (Lipinski definition) is 1. The zero-order valence-corrected chi connectivity index (χ0v) is 22.4. The molecule has 7 heteroatoms. The molecule has 4 aromatic rings. The molecule has 2 aliphatic rings. The van der Waals surface area contributed by atoms with Crippen LogP contribution in [0.2, 0.25) is 5.02 Å². The summed E-state index contributed by atoms with van der Waals surface area (Å²) in [6.45, 7) is 2.80. The van der Waals surface area contributed by atoms with E-state index in [0.717, 1.165) is 59.6 Å². The van der Waals surface area contributed by atoms with Crippen LogP contribution in [0.5, 0.6) is 0 Å². The Morgan fingerprint density at radius 1 is 1.08 bits per heavy atom. The summed E-state index contributed by atoms with van der Waals surface area (Å²) in [5.74, 6) is 0.0522. The molecule has 6 nitrogen and oxygen atoms in total. The molecule has 2 atom stereocenters. The van der Waals surface area contributed by atoms with Gasteiger partial charge in [-0.15, -0.1) is 0 Å². The summed E-state index contributed by atoms with van der Waals surface area (Å²) in [4.78, 5) is 28.7. The summed E-state index contributed by atoms with van der Waals surface area (Å²) in [7, 11) is 1.76. The molecule has 0 bridgehead atoms. The molecule has 6 rings (SSSR count). The molecule has 1 N–H and O–H groups in total. The van der Waals surface area contributed by atoms with Crippen LogP contribution in [0, 0.1) is 5.92 Å². The molecule has 2 fully saturated rings. The smallest absolute Gasteiger partial charge is 0.250 e. The van der Waals surface area contributed by atoms with Gasteiger partial charge in [0.25, 0.3) is 5.56 Å². The van der Waals surface area contributed by atoms with Crippen LogP contribution in [-0.4, -0.2) is 39.1 Å². The van der Waals surface area contributed by atoms with Crippen LogP contribution in [0.3, 0.4) is 0 Å². The van der Waals surface area contributed by atoms with E-state index < -0.39 is 0 Å². The van der Waals surface area contributed by atoms with Crippen LogP contribution >= 0.6 is 11.6 Å². The molecule has 3 heterocycles. The van der Waals surface area contributed by atoms with Gasteiger partial charge >= 0.3 is 0 Å². The van der Waals surface area contributed by atoms with E-state index in [1.807, 2.05) is 30.5 Å². The first-order valence-electron chi connectivity index (χ1n) is 13.5. The number of hydrogen-bond acceptors (Lipinski definition) is 3. The average molecular weight is 529 g/mol. The Balaban J connectivity index is 1.30. The highest BCUT2D eigenvalue weighted by Crippen LogP contribution is 2.37. The Morgan fingerprint density at radius 2 is 1.92 bits per heavy atom. The van der Waals surface area contributed by atoms with Crippen molar-refractivity contribution in [2.75, 3.05) is 13.1 Å². The quantitative estimate of drug-likeness (QED) is 0.370. The second-order valence-electron chi connectivity index (χ2n) is 10.7. The Kier molecular flexibility index (Phi) is 6.85. The lowest BCUT2D eigenvalue weighted by Gasteiger charge is -2.35. The van der Waals surface area contributed by atoms with Gasteiger partial charge in [-0.3, -0.25) is 9.59 Å². The standard InChI is InChI=1S/C31H33ClN4O2/c1-34-14-12-22(16-30(34)37)26-11-13-33-17-28(26)31(38)36(25-9-10-25)20-23-19-35(29-8-3-2-7-27(23)29)18-21-5-4-6-24(32)15-21/h2-8,12,14-16,19,25-26,28,33H,9-11,13,17-18,20H2,1H3/t26-,28+/m1/s1. The number of nitrogens with zero attached hydrogens (tertiary/aromatic N) is 3. The van der Waals surface area contributed by atoms with Crippen LogP contribution in [0.1, 0.15) is 41.9 Å². The van der Waals surface area contributed by atoms with E-state index in [-0.39, 0.29) is 29.3 Å². The van der Waals surface area contributed by atoms with Gasteiger partial charge < -0.3 is 19.4 Å². The Hall–Kier alpha value is -3.35. The van der Waals surface area contributed by atoms with Crippen molar-refractivity contribution in [1.82, 2.24) is 19.4 Å². The van der Waals surface area contributed by atoms with Crippen molar-refractivity contribution in [3.8, 4) is 0 Å². The fourth-order valence-electron chi connectivity index (χ4n) is 5.89. The third-order valence-corrected chi connectivity index (χ3v) is 8.32. The molecule has 1 amide bonds. The first-order valence-corrected chi connectivity index (χ1v) is 13.8.